The molecule has 28 heavy (non-hydrogen) atoms. The summed E-state index contributed by atoms with van der Waals surface area (Å²) in [5.74, 6) is -0.646. The van der Waals surface area contributed by atoms with Crippen LogP contribution in [0.15, 0.2) is 39.6 Å². The lowest BCUT2D eigenvalue weighted by molar-refractivity contribution is -0.120. The lowest BCUT2D eigenvalue weighted by Gasteiger charge is -2.21. The zero-order valence-corrected chi connectivity index (χ0v) is 17.6. The summed E-state index contributed by atoms with van der Waals surface area (Å²) in [5, 5.41) is 5.34. The van der Waals surface area contributed by atoms with Gasteiger partial charge in [-0.15, -0.1) is 11.8 Å². The number of amides is 2. The number of anilines is 1. The van der Waals surface area contributed by atoms with Crippen LogP contribution in [0.1, 0.15) is 45.4 Å². The van der Waals surface area contributed by atoms with Crippen molar-refractivity contribution in [2.45, 2.75) is 60.5 Å². The van der Waals surface area contributed by atoms with E-state index >= 15 is 0 Å². The number of fused-ring (bicyclic) bond motifs is 1. The molecule has 1 aromatic carbocycles. The molecule has 1 heterocycles. The Kier molecular flexibility index (Phi) is 6.82. The summed E-state index contributed by atoms with van der Waals surface area (Å²) in [4.78, 5) is 24.8. The first-order valence-corrected chi connectivity index (χ1v) is 12.2. The predicted molar refractivity (Wildman–Crippen MR) is 111 cm³/mol. The van der Waals surface area contributed by atoms with E-state index in [1.165, 1.54) is 36.2 Å². The van der Waals surface area contributed by atoms with Gasteiger partial charge in [-0.3, -0.25) is 9.59 Å². The van der Waals surface area contributed by atoms with Crippen molar-refractivity contribution < 1.29 is 18.0 Å². The van der Waals surface area contributed by atoms with Gasteiger partial charge < -0.3 is 10.6 Å². The molecule has 0 saturated carbocycles. The van der Waals surface area contributed by atoms with Gasteiger partial charge in [-0.05, 0) is 57.2 Å². The normalized spacial score (nSPS) is 19.4. The van der Waals surface area contributed by atoms with E-state index in [1.807, 2.05) is 0 Å². The molecule has 1 unspecified atom stereocenters. The van der Waals surface area contributed by atoms with E-state index in [0.29, 0.717) is 12.2 Å². The van der Waals surface area contributed by atoms with Crippen LogP contribution in [-0.4, -0.2) is 37.8 Å². The van der Waals surface area contributed by atoms with E-state index < -0.39 is 9.84 Å². The van der Waals surface area contributed by atoms with E-state index in [2.05, 4.69) is 16.7 Å². The van der Waals surface area contributed by atoms with Gasteiger partial charge in [0.05, 0.1) is 21.6 Å². The number of hydrogen-bond donors (Lipinski definition) is 2. The highest BCUT2D eigenvalue weighted by Crippen LogP contribution is 2.36. The molecule has 0 fully saturated rings. The highest BCUT2D eigenvalue weighted by Gasteiger charge is 2.25. The van der Waals surface area contributed by atoms with Crippen LogP contribution in [0.5, 0.6) is 0 Å². The fraction of sp³-hybridized carbons (Fsp3) is 0.500. The fourth-order valence-electron chi connectivity index (χ4n) is 3.31. The van der Waals surface area contributed by atoms with Gasteiger partial charge in [-0.25, -0.2) is 8.42 Å². The molecule has 1 aliphatic carbocycles. The largest absolute Gasteiger partial charge is 0.356 e. The first-order valence-electron chi connectivity index (χ1n) is 9.64. The summed E-state index contributed by atoms with van der Waals surface area (Å²) in [5.41, 5.74) is 1.89. The molecule has 1 atom stereocenters. The molecular weight excluding hydrogens is 396 g/mol. The van der Waals surface area contributed by atoms with Crippen molar-refractivity contribution in [1.82, 2.24) is 5.32 Å². The molecule has 0 saturated heterocycles. The third kappa shape index (κ3) is 5.38. The summed E-state index contributed by atoms with van der Waals surface area (Å²) in [7, 11) is -3.60. The van der Waals surface area contributed by atoms with E-state index in [1.54, 1.807) is 19.1 Å². The molecule has 2 aliphatic rings. The molecule has 1 aromatic rings. The molecule has 1 aliphatic heterocycles. The van der Waals surface area contributed by atoms with Crippen LogP contribution in [-0.2, 0) is 19.4 Å². The van der Waals surface area contributed by atoms with Gasteiger partial charge >= 0.3 is 0 Å². The summed E-state index contributed by atoms with van der Waals surface area (Å²) < 4.78 is 25.2. The molecular formula is C20H26N2O4S2. The number of thioether (sulfide) groups is 1. The number of benzene rings is 1. The number of allylic oxidation sites excluding steroid dienone is 1. The molecule has 0 bridgehead atoms. The van der Waals surface area contributed by atoms with Crippen LogP contribution < -0.4 is 10.6 Å². The zero-order chi connectivity index (χ0) is 20.1. The SMILES string of the molecule is CC1Sc2ccc(S(=O)(=O)CCC(=O)NCCC3=CCCCC3)cc2NC1=O. The van der Waals surface area contributed by atoms with Gasteiger partial charge in [0.2, 0.25) is 11.8 Å². The molecule has 6 nitrogen and oxygen atoms in total. The Morgan fingerprint density at radius 2 is 2.14 bits per heavy atom. The highest BCUT2D eigenvalue weighted by molar-refractivity contribution is 8.01. The Morgan fingerprint density at radius 3 is 2.89 bits per heavy atom. The highest BCUT2D eigenvalue weighted by atomic mass is 32.2. The summed E-state index contributed by atoms with van der Waals surface area (Å²) in [6, 6.07) is 4.73. The van der Waals surface area contributed by atoms with Crippen LogP contribution >= 0.6 is 11.8 Å². The minimum absolute atomic E-state index is 0.0728. The minimum atomic E-state index is -3.60. The average molecular weight is 423 g/mol. The predicted octanol–water partition coefficient (Wildman–Crippen LogP) is 3.29. The Hall–Kier alpha value is -1.80. The molecule has 0 aromatic heterocycles. The van der Waals surface area contributed by atoms with Gasteiger partial charge in [0, 0.05) is 17.9 Å². The van der Waals surface area contributed by atoms with Gasteiger partial charge in [-0.1, -0.05) is 11.6 Å². The Balaban J connectivity index is 1.52. The van der Waals surface area contributed by atoms with Gasteiger partial charge in [0.25, 0.3) is 0 Å². The zero-order valence-electron chi connectivity index (χ0n) is 16.0. The van der Waals surface area contributed by atoms with Crippen molar-refractivity contribution in [3.05, 3.63) is 29.8 Å². The number of rotatable bonds is 7. The third-order valence-electron chi connectivity index (χ3n) is 4.99. The fourth-order valence-corrected chi connectivity index (χ4v) is 5.50. The second kappa shape index (κ2) is 9.13. The maximum atomic E-state index is 12.6. The summed E-state index contributed by atoms with van der Waals surface area (Å²) in [6.07, 6.45) is 7.65. The van der Waals surface area contributed by atoms with Crippen LogP contribution in [0.25, 0.3) is 0 Å². The first kappa shape index (κ1) is 20.9. The topological polar surface area (TPSA) is 92.3 Å². The second-order valence-corrected chi connectivity index (χ2v) is 10.7. The van der Waals surface area contributed by atoms with E-state index in [4.69, 9.17) is 0 Å². The number of carbonyl (C=O) groups is 2. The lowest BCUT2D eigenvalue weighted by atomic mass is 9.97. The van der Waals surface area contributed by atoms with Crippen LogP contribution in [0.4, 0.5) is 5.69 Å². The van der Waals surface area contributed by atoms with E-state index in [0.717, 1.165) is 24.2 Å². The molecule has 2 N–H and O–H groups in total. The van der Waals surface area contributed by atoms with Crippen molar-refractivity contribution in [2.75, 3.05) is 17.6 Å². The molecule has 8 heteroatoms. The minimum Gasteiger partial charge on any atom is -0.356 e. The summed E-state index contributed by atoms with van der Waals surface area (Å²) in [6.45, 7) is 2.35. The molecule has 3 rings (SSSR count). The third-order valence-corrected chi connectivity index (χ3v) is 7.88. The van der Waals surface area contributed by atoms with Crippen LogP contribution in [0, 0.1) is 0 Å². The molecule has 0 spiro atoms. The maximum absolute atomic E-state index is 12.6. The van der Waals surface area contributed by atoms with E-state index in [-0.39, 0.29) is 34.1 Å². The van der Waals surface area contributed by atoms with Crippen molar-refractivity contribution in [1.29, 1.82) is 0 Å². The van der Waals surface area contributed by atoms with Crippen molar-refractivity contribution >= 4 is 39.1 Å². The lowest BCUT2D eigenvalue weighted by Crippen LogP contribution is -2.27. The van der Waals surface area contributed by atoms with Crippen molar-refractivity contribution in [2.24, 2.45) is 0 Å². The van der Waals surface area contributed by atoms with Crippen molar-refractivity contribution in [3.63, 3.8) is 0 Å². The second-order valence-electron chi connectivity index (χ2n) is 7.18. The number of sulfone groups is 1. The Morgan fingerprint density at radius 1 is 1.32 bits per heavy atom. The van der Waals surface area contributed by atoms with E-state index in [9.17, 15) is 18.0 Å². The Labute approximate surface area is 170 Å². The average Bonchev–Trinajstić information content (AvgIpc) is 2.68. The monoisotopic (exact) mass is 422 g/mol. The smallest absolute Gasteiger partial charge is 0.237 e. The van der Waals surface area contributed by atoms with Crippen LogP contribution in [0.2, 0.25) is 0 Å². The first-order chi connectivity index (χ1) is 13.3. The molecule has 152 valence electrons. The maximum Gasteiger partial charge on any atom is 0.237 e. The Bertz CT molecular complexity index is 893. The molecule has 0 radical (unpaired) electrons. The van der Waals surface area contributed by atoms with Crippen LogP contribution in [0.3, 0.4) is 0 Å². The number of carbonyl (C=O) groups excluding carboxylic acids is 2. The molecule has 2 amide bonds. The number of hydrogen-bond acceptors (Lipinski definition) is 5. The number of nitrogens with one attached hydrogen (secondary N) is 2. The quantitative estimate of drug-likeness (QED) is 0.658. The van der Waals surface area contributed by atoms with Gasteiger partial charge in [0.15, 0.2) is 9.84 Å². The standard InChI is InChI=1S/C20H26N2O4S2/c1-14-20(24)22-17-13-16(7-8-18(17)27-14)28(25,26)12-10-19(23)21-11-9-15-5-3-2-4-6-15/h5,7-8,13-14H,2-4,6,9-12H2,1H3,(H,21,23)(H,22,24). The van der Waals surface area contributed by atoms with Gasteiger partial charge in [-0.2, -0.15) is 0 Å². The van der Waals surface area contributed by atoms with Crippen molar-refractivity contribution in [3.8, 4) is 0 Å². The van der Waals surface area contributed by atoms with Gasteiger partial charge in [0.1, 0.15) is 0 Å². The summed E-state index contributed by atoms with van der Waals surface area (Å²) >= 11 is 1.40.